The van der Waals surface area contributed by atoms with Crippen LogP contribution in [0.4, 0.5) is 5.69 Å². The van der Waals surface area contributed by atoms with Crippen LogP contribution < -0.4 is 0 Å². The van der Waals surface area contributed by atoms with E-state index >= 15 is 0 Å². The lowest BCUT2D eigenvalue weighted by molar-refractivity contribution is -0.318. The maximum atomic E-state index is 14.5. The van der Waals surface area contributed by atoms with Crippen LogP contribution in [0.15, 0.2) is 35.6 Å². The Hall–Kier alpha value is -3.34. The van der Waals surface area contributed by atoms with Gasteiger partial charge >= 0.3 is 5.97 Å². The number of cyclic esters (lactones) is 1. The quantitative estimate of drug-likeness (QED) is 0.0484. The van der Waals surface area contributed by atoms with E-state index in [1.807, 2.05) is 74.9 Å². The first-order valence-corrected chi connectivity index (χ1v) is 25.7. The van der Waals surface area contributed by atoms with Crippen LogP contribution in [0.1, 0.15) is 119 Å². The molecule has 3 fully saturated rings. The maximum absolute atomic E-state index is 14.5. The molecule has 1 aromatic heterocycles. The van der Waals surface area contributed by atoms with Crippen molar-refractivity contribution in [3.8, 4) is 0 Å². The Morgan fingerprint density at radius 1 is 0.972 bits per heavy atom. The van der Waals surface area contributed by atoms with E-state index in [1.54, 1.807) is 41.5 Å². The van der Waals surface area contributed by atoms with Gasteiger partial charge in [-0.2, -0.15) is 0 Å². The van der Waals surface area contributed by atoms with Gasteiger partial charge in [-0.15, -0.1) is 5.10 Å². The number of hydrogen-bond acceptors (Lipinski definition) is 17. The molecule has 0 bridgehead atoms. The van der Waals surface area contributed by atoms with Crippen LogP contribution in [0.25, 0.3) is 10.4 Å². The molecule has 20 heteroatoms. The third kappa shape index (κ3) is 14.7. The molecule has 5 N–H and O–H groups in total. The van der Waals surface area contributed by atoms with E-state index in [1.165, 1.54) is 19.6 Å². The number of ether oxygens (including phenoxy) is 6. The summed E-state index contributed by atoms with van der Waals surface area (Å²) < 4.78 is 40.1. The molecule has 1 unspecified atom stereocenters. The largest absolute Gasteiger partial charge is 0.459 e. The zero-order valence-electron chi connectivity index (χ0n) is 44.5. The second-order valence-corrected chi connectivity index (χ2v) is 21.7. The van der Waals surface area contributed by atoms with Crippen molar-refractivity contribution in [2.75, 3.05) is 34.3 Å². The molecule has 3 saturated heterocycles. The summed E-state index contributed by atoms with van der Waals surface area (Å²) in [7, 11) is 5.29. The van der Waals surface area contributed by atoms with Gasteiger partial charge in [-0.05, 0) is 118 Å². The molecule has 71 heavy (non-hydrogen) atoms. The Bertz CT molecular complexity index is 2020. The van der Waals surface area contributed by atoms with Crippen molar-refractivity contribution in [1.29, 1.82) is 0 Å². The van der Waals surface area contributed by atoms with E-state index in [9.17, 15) is 30.3 Å². The Morgan fingerprint density at radius 3 is 2.31 bits per heavy atom. The SMILES string of the molecule is CC[C@H]1OC(=O)[C@H](C)[C@@H](OC2C[C@@](C)(OC)[C@@H](O)[C@H](C)O2)[C@H](C)[C@@H](O[C@@H]2O[C@H](C)C[C@H](N(C)CCc3cn(CCCCc4ccc(N=[N+]=[N-])cc4)nn3)[C@H]2O)[C@](C)(O)C[C@@H](C)CN(C)[C@H](C)[C@@H](O)[C@]1(C)O. The summed E-state index contributed by atoms with van der Waals surface area (Å²) in [6.07, 6.45) is -3.70. The van der Waals surface area contributed by atoms with Gasteiger partial charge in [-0.3, -0.25) is 9.48 Å². The van der Waals surface area contributed by atoms with Crippen molar-refractivity contribution >= 4 is 11.7 Å². The zero-order valence-corrected chi connectivity index (χ0v) is 44.5. The highest BCUT2D eigenvalue weighted by Gasteiger charge is 2.53. The number of hydrogen-bond donors (Lipinski definition) is 5. The summed E-state index contributed by atoms with van der Waals surface area (Å²) in [6, 6.07) is 6.60. The number of nitrogens with zero attached hydrogens (tertiary/aromatic N) is 8. The van der Waals surface area contributed by atoms with Gasteiger partial charge < -0.3 is 63.8 Å². The number of unbranched alkanes of at least 4 members (excludes halogenated alkanes) is 1. The van der Waals surface area contributed by atoms with Crippen molar-refractivity contribution in [2.45, 2.75) is 217 Å². The predicted molar refractivity (Wildman–Crippen MR) is 265 cm³/mol. The third-order valence-corrected chi connectivity index (χ3v) is 15.6. The Balaban J connectivity index is 1.38. The summed E-state index contributed by atoms with van der Waals surface area (Å²) in [5.74, 6) is -2.77. The number of aromatic nitrogens is 3. The molecule has 0 amide bonds. The average molecular weight is 1000 g/mol. The fourth-order valence-corrected chi connectivity index (χ4v) is 11.1. The van der Waals surface area contributed by atoms with E-state index in [0.717, 1.165) is 25.0 Å². The molecular formula is C51H86N8O12. The summed E-state index contributed by atoms with van der Waals surface area (Å²) in [5, 5.41) is 72.1. The average Bonchev–Trinajstić information content (AvgIpc) is 3.78. The van der Waals surface area contributed by atoms with Gasteiger partial charge in [0.15, 0.2) is 12.6 Å². The minimum atomic E-state index is -1.83. The van der Waals surface area contributed by atoms with Gasteiger partial charge in [-0.25, -0.2) is 0 Å². The van der Waals surface area contributed by atoms with Crippen molar-refractivity contribution in [3.63, 3.8) is 0 Å². The van der Waals surface area contributed by atoms with E-state index < -0.39 is 102 Å². The van der Waals surface area contributed by atoms with Gasteiger partial charge in [0.25, 0.3) is 0 Å². The molecule has 402 valence electrons. The molecule has 1 aromatic carbocycles. The minimum absolute atomic E-state index is 0.104. The van der Waals surface area contributed by atoms with E-state index in [2.05, 4.69) is 25.2 Å². The van der Waals surface area contributed by atoms with Gasteiger partial charge in [-0.1, -0.05) is 55.4 Å². The highest BCUT2D eigenvalue weighted by atomic mass is 16.7. The first-order valence-electron chi connectivity index (χ1n) is 25.7. The Kier molecular flexibility index (Phi) is 20.8. The minimum Gasteiger partial charge on any atom is -0.459 e. The second-order valence-electron chi connectivity index (χ2n) is 21.7. The normalized spacial score (nSPS) is 39.3. The van der Waals surface area contributed by atoms with Crippen LogP contribution in [0, 0.1) is 17.8 Å². The van der Waals surface area contributed by atoms with Crippen molar-refractivity contribution in [3.05, 3.63) is 52.2 Å². The van der Waals surface area contributed by atoms with Gasteiger partial charge in [0, 0.05) is 74.4 Å². The lowest BCUT2D eigenvalue weighted by Crippen LogP contribution is -2.61. The molecule has 0 saturated carbocycles. The van der Waals surface area contributed by atoms with Crippen LogP contribution in [-0.2, 0) is 52.6 Å². The first kappa shape index (κ1) is 58.5. The number of azide groups is 1. The monoisotopic (exact) mass is 1000 g/mol. The summed E-state index contributed by atoms with van der Waals surface area (Å²) in [6.45, 7) is 19.3. The number of esters is 1. The van der Waals surface area contributed by atoms with Crippen LogP contribution in [0.2, 0.25) is 0 Å². The second kappa shape index (κ2) is 25.3. The van der Waals surface area contributed by atoms with E-state index in [0.29, 0.717) is 38.2 Å². The first-order chi connectivity index (χ1) is 33.3. The number of aliphatic hydroxyl groups is 5. The molecule has 2 aromatic rings. The van der Waals surface area contributed by atoms with Crippen LogP contribution in [0.3, 0.4) is 0 Å². The maximum Gasteiger partial charge on any atom is 0.311 e. The highest BCUT2D eigenvalue weighted by Crippen LogP contribution is 2.40. The topological polar surface area (TPSA) is 260 Å². The molecular weight excluding hydrogens is 917 g/mol. The molecule has 0 radical (unpaired) electrons. The molecule has 0 aliphatic carbocycles. The van der Waals surface area contributed by atoms with Crippen molar-refractivity contribution in [2.24, 2.45) is 22.9 Å². The number of carbonyl (C=O) groups is 1. The number of rotatable bonds is 16. The third-order valence-electron chi connectivity index (χ3n) is 15.6. The molecule has 3 aliphatic rings. The number of carbonyl (C=O) groups excluding carboxylic acids is 1. The zero-order chi connectivity index (χ0) is 52.6. The van der Waals surface area contributed by atoms with Crippen LogP contribution in [-0.4, -0.2) is 181 Å². The van der Waals surface area contributed by atoms with Gasteiger partial charge in [0.1, 0.15) is 30.0 Å². The van der Waals surface area contributed by atoms with Crippen LogP contribution >= 0.6 is 0 Å². The number of benzene rings is 1. The highest BCUT2D eigenvalue weighted by molar-refractivity contribution is 5.73. The molecule has 18 atom stereocenters. The fourth-order valence-electron chi connectivity index (χ4n) is 11.1. The molecule has 0 spiro atoms. The van der Waals surface area contributed by atoms with Gasteiger partial charge in [0.05, 0.1) is 47.2 Å². The standard InChI is InChI=1S/C51H86N8O12/c1-14-40-51(10,65)44(61)34(6)58(12)28-30(2)26-49(8,64)46(32(4)43(33(5)47(63)69-40)70-41-27-50(9,66-13)45(62)35(7)68-41)71-48-42(60)39(25-31(3)67-48)57(11)24-22-38-29-59(56-54-38)23-16-15-17-36-18-20-37(21-19-36)53-55-52/h18-21,29-35,39-46,48,60-62,64-65H,14-17,22-28H2,1-13H3/t30-,31-,32+,33-,34-,35+,39+,40-,41?,42-,43+,44-,45+,46-,48+,49-,50-,51-/m1/s1. The summed E-state index contributed by atoms with van der Waals surface area (Å²) in [5.41, 5.74) is 6.71. The summed E-state index contributed by atoms with van der Waals surface area (Å²) >= 11 is 0. The molecule has 4 heterocycles. The number of methoxy groups -OCH3 is 1. The molecule has 3 aliphatic heterocycles. The smallest absolute Gasteiger partial charge is 0.311 e. The number of likely N-dealkylation sites (N-methyl/N-ethyl adjacent to an activating group) is 2. The Labute approximate surface area is 420 Å². The fraction of sp³-hybridized carbons (Fsp3) is 0.824. The lowest BCUT2D eigenvalue weighted by atomic mass is 9.77. The molecule has 20 nitrogen and oxygen atoms in total. The van der Waals surface area contributed by atoms with Crippen molar-refractivity contribution < 1.29 is 58.7 Å². The van der Waals surface area contributed by atoms with Crippen LogP contribution in [0.5, 0.6) is 0 Å². The van der Waals surface area contributed by atoms with Gasteiger partial charge in [0.2, 0.25) is 0 Å². The predicted octanol–water partition coefficient (Wildman–Crippen LogP) is 5.07. The Morgan fingerprint density at radius 2 is 1.66 bits per heavy atom. The lowest BCUT2D eigenvalue weighted by Gasteiger charge is -2.49. The van der Waals surface area contributed by atoms with E-state index in [-0.39, 0.29) is 31.3 Å². The molecule has 5 rings (SSSR count). The number of aryl methyl sites for hydroxylation is 2. The van der Waals surface area contributed by atoms with Crippen molar-refractivity contribution in [1.82, 2.24) is 24.8 Å². The summed E-state index contributed by atoms with van der Waals surface area (Å²) in [4.78, 5) is 21.3. The van der Waals surface area contributed by atoms with E-state index in [4.69, 9.17) is 34.0 Å². The number of aliphatic hydroxyl groups excluding tert-OH is 3.